The molecule has 2 aromatic heterocycles. The lowest BCUT2D eigenvalue weighted by Crippen LogP contribution is -2.24. The van der Waals surface area contributed by atoms with E-state index in [2.05, 4.69) is 15.5 Å². The van der Waals surface area contributed by atoms with Crippen LogP contribution in [0.1, 0.15) is 17.8 Å². The molecular weight excluding hydrogens is 522 g/mol. The number of nitrogens with zero attached hydrogens (tertiary/aromatic N) is 4. The van der Waals surface area contributed by atoms with Crippen LogP contribution in [0.15, 0.2) is 65.5 Å². The summed E-state index contributed by atoms with van der Waals surface area (Å²) in [4.78, 5) is 26.3. The highest BCUT2D eigenvalue weighted by atomic mass is 35.5. The monoisotopic (exact) mass is 547 g/mol. The Balaban J connectivity index is 1.46. The number of nitrogens with one attached hydrogen (secondary N) is 1. The molecule has 0 aliphatic heterocycles. The van der Waals surface area contributed by atoms with Gasteiger partial charge in [0.25, 0.3) is 5.56 Å². The lowest BCUT2D eigenvalue weighted by Gasteiger charge is -2.14. The molecule has 3 aromatic carbocycles. The van der Waals surface area contributed by atoms with Gasteiger partial charge in [0, 0.05) is 35.7 Å². The molecule has 2 heterocycles. The minimum atomic E-state index is -0.241. The molecule has 11 heteroatoms. The Morgan fingerprint density at radius 2 is 1.64 bits per heavy atom. The number of methoxy groups -OCH3 is 3. The van der Waals surface area contributed by atoms with Gasteiger partial charge in [0.1, 0.15) is 5.82 Å². The Morgan fingerprint density at radius 3 is 2.33 bits per heavy atom. The zero-order valence-corrected chi connectivity index (χ0v) is 22.4. The van der Waals surface area contributed by atoms with Gasteiger partial charge in [-0.2, -0.15) is 0 Å². The van der Waals surface area contributed by atoms with Crippen LogP contribution in [0.4, 0.5) is 5.69 Å². The second kappa shape index (κ2) is 11.0. The number of aromatic nitrogens is 4. The Kier molecular flexibility index (Phi) is 7.38. The molecule has 39 heavy (non-hydrogen) atoms. The summed E-state index contributed by atoms with van der Waals surface area (Å²) in [5, 5.41) is 12.6. The third-order valence-corrected chi connectivity index (χ3v) is 6.75. The Hall–Kier alpha value is -4.57. The van der Waals surface area contributed by atoms with E-state index in [4.69, 9.17) is 25.8 Å². The first kappa shape index (κ1) is 26.1. The van der Waals surface area contributed by atoms with E-state index in [0.29, 0.717) is 50.5 Å². The summed E-state index contributed by atoms with van der Waals surface area (Å²) >= 11 is 6.38. The summed E-state index contributed by atoms with van der Waals surface area (Å²) in [6.07, 6.45) is 0.404. The fourth-order valence-corrected chi connectivity index (χ4v) is 4.71. The van der Waals surface area contributed by atoms with Gasteiger partial charge in [-0.15, -0.1) is 10.2 Å². The third kappa shape index (κ3) is 4.98. The summed E-state index contributed by atoms with van der Waals surface area (Å²) < 4.78 is 19.4. The molecule has 0 saturated carbocycles. The first-order valence-corrected chi connectivity index (χ1v) is 12.5. The first-order valence-electron chi connectivity index (χ1n) is 12.1. The number of amides is 1. The highest BCUT2D eigenvalue weighted by Crippen LogP contribution is 2.40. The molecule has 0 spiro atoms. The molecule has 0 aliphatic rings. The maximum atomic E-state index is 13.4. The molecule has 0 bridgehead atoms. The molecule has 1 amide bonds. The standard InChI is InChI=1S/C28H26ClN5O5/c1-37-22-14-18(15-23(38-2)26(22)39-3)30-25(35)13-12-24-31-32-28-33(16-17-8-4-6-10-20(17)29)27(36)19-9-5-7-11-21(19)34(24)28/h4-11,14-15H,12-13,16H2,1-3H3,(H,30,35). The van der Waals surface area contributed by atoms with Crippen molar-refractivity contribution < 1.29 is 19.0 Å². The topological polar surface area (TPSA) is 109 Å². The molecule has 0 radical (unpaired) electrons. The van der Waals surface area contributed by atoms with E-state index in [-0.39, 0.29) is 30.9 Å². The summed E-state index contributed by atoms with van der Waals surface area (Å²) in [5.74, 6) is 1.97. The molecule has 200 valence electrons. The molecule has 0 saturated heterocycles. The number of halogens is 1. The van der Waals surface area contributed by atoms with Gasteiger partial charge in [0.2, 0.25) is 17.4 Å². The fourth-order valence-electron chi connectivity index (χ4n) is 4.52. The number of rotatable bonds is 9. The normalized spacial score (nSPS) is 11.1. The van der Waals surface area contributed by atoms with Crippen molar-refractivity contribution in [1.29, 1.82) is 0 Å². The van der Waals surface area contributed by atoms with Crippen molar-refractivity contribution in [3.05, 3.63) is 87.4 Å². The summed E-state index contributed by atoms with van der Waals surface area (Å²) in [5.41, 5.74) is 1.75. The molecule has 0 unspecified atom stereocenters. The summed E-state index contributed by atoms with van der Waals surface area (Å²) in [6, 6.07) is 17.9. The molecular formula is C28H26ClN5O5. The highest BCUT2D eigenvalue weighted by molar-refractivity contribution is 6.31. The maximum absolute atomic E-state index is 13.4. The summed E-state index contributed by atoms with van der Waals surface area (Å²) in [7, 11) is 4.53. The van der Waals surface area contributed by atoms with Gasteiger partial charge in [0.05, 0.1) is 38.8 Å². The van der Waals surface area contributed by atoms with Crippen molar-refractivity contribution >= 4 is 39.9 Å². The minimum absolute atomic E-state index is 0.120. The van der Waals surface area contributed by atoms with E-state index in [0.717, 1.165) is 5.56 Å². The van der Waals surface area contributed by atoms with E-state index >= 15 is 0 Å². The van der Waals surface area contributed by atoms with Crippen molar-refractivity contribution in [2.45, 2.75) is 19.4 Å². The van der Waals surface area contributed by atoms with E-state index < -0.39 is 0 Å². The average molecular weight is 548 g/mol. The van der Waals surface area contributed by atoms with Crippen molar-refractivity contribution in [3.63, 3.8) is 0 Å². The lowest BCUT2D eigenvalue weighted by atomic mass is 10.2. The van der Waals surface area contributed by atoms with Crippen LogP contribution in [0.2, 0.25) is 5.02 Å². The zero-order valence-electron chi connectivity index (χ0n) is 21.6. The number of aryl methyl sites for hydroxylation is 1. The van der Waals surface area contributed by atoms with E-state index in [9.17, 15) is 9.59 Å². The van der Waals surface area contributed by atoms with Crippen LogP contribution in [0.3, 0.4) is 0 Å². The van der Waals surface area contributed by atoms with Crippen LogP contribution < -0.4 is 25.1 Å². The van der Waals surface area contributed by atoms with Crippen LogP contribution in [-0.4, -0.2) is 46.4 Å². The van der Waals surface area contributed by atoms with Gasteiger partial charge in [-0.1, -0.05) is 41.9 Å². The smallest absolute Gasteiger partial charge is 0.263 e. The van der Waals surface area contributed by atoms with Crippen molar-refractivity contribution in [3.8, 4) is 17.2 Å². The molecule has 10 nitrogen and oxygen atoms in total. The SMILES string of the molecule is COc1cc(NC(=O)CCc2nnc3n(Cc4ccccc4Cl)c(=O)c4ccccc4n23)cc(OC)c1OC. The van der Waals surface area contributed by atoms with Crippen LogP contribution in [0.5, 0.6) is 17.2 Å². The maximum Gasteiger partial charge on any atom is 0.263 e. The molecule has 5 aromatic rings. The number of hydrogen-bond acceptors (Lipinski definition) is 7. The van der Waals surface area contributed by atoms with Gasteiger partial charge in [-0.05, 0) is 23.8 Å². The van der Waals surface area contributed by atoms with Crippen LogP contribution in [-0.2, 0) is 17.8 Å². The van der Waals surface area contributed by atoms with E-state index in [1.54, 1.807) is 28.8 Å². The predicted octanol–water partition coefficient (Wildman–Crippen LogP) is 4.34. The Bertz CT molecular complexity index is 1720. The second-order valence-electron chi connectivity index (χ2n) is 8.71. The van der Waals surface area contributed by atoms with E-state index in [1.807, 2.05) is 40.8 Å². The third-order valence-electron chi connectivity index (χ3n) is 6.39. The quantitative estimate of drug-likeness (QED) is 0.292. The first-order chi connectivity index (χ1) is 18.9. The average Bonchev–Trinajstić information content (AvgIpc) is 3.38. The minimum Gasteiger partial charge on any atom is -0.493 e. The number of benzene rings is 3. The van der Waals surface area contributed by atoms with E-state index in [1.165, 1.54) is 21.3 Å². The van der Waals surface area contributed by atoms with Crippen LogP contribution >= 0.6 is 11.6 Å². The molecule has 0 fully saturated rings. The predicted molar refractivity (Wildman–Crippen MR) is 148 cm³/mol. The number of hydrogen-bond donors (Lipinski definition) is 1. The number of anilines is 1. The fraction of sp³-hybridized carbons (Fsp3) is 0.214. The number of carbonyl (C=O) groups is 1. The number of para-hydroxylation sites is 1. The zero-order chi connectivity index (χ0) is 27.5. The lowest BCUT2D eigenvalue weighted by molar-refractivity contribution is -0.116. The molecule has 5 rings (SSSR count). The number of carbonyl (C=O) groups excluding carboxylic acids is 1. The van der Waals surface area contributed by atoms with Crippen LogP contribution in [0, 0.1) is 0 Å². The number of fused-ring (bicyclic) bond motifs is 3. The van der Waals surface area contributed by atoms with Gasteiger partial charge in [-0.25, -0.2) is 0 Å². The Labute approximate surface area is 228 Å². The van der Waals surface area contributed by atoms with Crippen molar-refractivity contribution in [2.75, 3.05) is 26.6 Å². The summed E-state index contributed by atoms with van der Waals surface area (Å²) in [6.45, 7) is 0.229. The number of ether oxygens (including phenoxy) is 3. The van der Waals surface area contributed by atoms with Gasteiger partial charge >= 0.3 is 0 Å². The molecule has 0 aliphatic carbocycles. The molecule has 0 atom stereocenters. The highest BCUT2D eigenvalue weighted by Gasteiger charge is 2.19. The Morgan fingerprint density at radius 1 is 0.949 bits per heavy atom. The van der Waals surface area contributed by atoms with Gasteiger partial charge in [-0.3, -0.25) is 18.6 Å². The second-order valence-corrected chi connectivity index (χ2v) is 9.12. The van der Waals surface area contributed by atoms with Gasteiger partial charge < -0.3 is 19.5 Å². The largest absolute Gasteiger partial charge is 0.493 e. The van der Waals surface area contributed by atoms with Gasteiger partial charge in [0.15, 0.2) is 11.5 Å². The molecule has 1 N–H and O–H groups in total. The van der Waals surface area contributed by atoms with Crippen molar-refractivity contribution in [1.82, 2.24) is 19.2 Å². The van der Waals surface area contributed by atoms with Crippen LogP contribution in [0.25, 0.3) is 16.7 Å². The van der Waals surface area contributed by atoms with Crippen molar-refractivity contribution in [2.24, 2.45) is 0 Å².